The number of nitrogens with zero attached hydrogens (tertiary/aromatic N) is 9. The van der Waals surface area contributed by atoms with E-state index in [4.69, 9.17) is 90.3 Å². The number of ether oxygens (including phenoxy) is 13. The van der Waals surface area contributed by atoms with E-state index in [9.17, 15) is 38.4 Å². The molecule has 32 heteroatoms. The Kier molecular flexibility index (Phi) is 23.1. The number of hydrogen-bond donors (Lipinski definition) is 0. The van der Waals surface area contributed by atoms with Gasteiger partial charge in [0.15, 0.2) is 49.0 Å². The van der Waals surface area contributed by atoms with Crippen molar-refractivity contribution in [1.29, 1.82) is 0 Å². The number of halogens is 2. The standard InChI is InChI=1S/C57H61Cl2N9O21/c1-31(69)77-29-43-44(59)47(80-33(3)71)49(81-34(4)72)56(84-43)89-57(30-58)51(82-35(5)73)46(79-32(2)70)42(88-57)27-68-25-40(63-66-68)28-78-55-50(87-54(76)38-20-13-8-14-21-38)48(86-53(75)37-18-11-7-12-19-37)45(85-52(74)36-16-9-6-10-17-36)41(83-55)26-67-24-39(62-65-67)22-15-23-61-64-60/h6-14,16-21,24-25,41-51,55-56H,15,22-23,26-30H2,1-5H3/t41-,42-,43?,44+,45-,46-,47+,48+,49-,50+,51+,55+,56-,57+/m1/s1. The molecule has 3 aliphatic heterocycles. The molecule has 5 aromatic rings. The van der Waals surface area contributed by atoms with Gasteiger partial charge >= 0.3 is 47.8 Å². The zero-order valence-electron chi connectivity index (χ0n) is 48.3. The minimum absolute atomic E-state index is 0.0691. The maximum atomic E-state index is 14.2. The average molecular weight is 1280 g/mol. The smallest absolute Gasteiger partial charge is 0.338 e. The lowest BCUT2D eigenvalue weighted by Gasteiger charge is -2.45. The van der Waals surface area contributed by atoms with E-state index in [1.54, 1.807) is 60.8 Å². The van der Waals surface area contributed by atoms with Crippen molar-refractivity contribution in [1.82, 2.24) is 30.0 Å². The van der Waals surface area contributed by atoms with Gasteiger partial charge in [-0.1, -0.05) is 70.1 Å². The van der Waals surface area contributed by atoms with Crippen LogP contribution in [0, 0.1) is 0 Å². The van der Waals surface area contributed by atoms with Crippen LogP contribution in [0.15, 0.2) is 109 Å². The largest absolute Gasteiger partial charge is 0.463 e. The summed E-state index contributed by atoms with van der Waals surface area (Å²) in [5.41, 5.74) is 9.64. The van der Waals surface area contributed by atoms with E-state index in [0.717, 1.165) is 34.6 Å². The van der Waals surface area contributed by atoms with E-state index in [0.29, 0.717) is 18.5 Å². The molecule has 0 radical (unpaired) electrons. The summed E-state index contributed by atoms with van der Waals surface area (Å²) < 4.78 is 81.2. The van der Waals surface area contributed by atoms with Gasteiger partial charge in [-0.15, -0.1) is 33.4 Å². The number of alkyl halides is 2. The third-order valence-corrected chi connectivity index (χ3v) is 14.5. The lowest BCUT2D eigenvalue weighted by molar-refractivity contribution is -0.359. The monoisotopic (exact) mass is 1280 g/mol. The van der Waals surface area contributed by atoms with Crippen molar-refractivity contribution in [2.75, 3.05) is 19.0 Å². The molecule has 3 aromatic carbocycles. The van der Waals surface area contributed by atoms with Crippen LogP contribution < -0.4 is 0 Å². The van der Waals surface area contributed by atoms with Crippen molar-refractivity contribution >= 4 is 71.0 Å². The highest BCUT2D eigenvalue weighted by atomic mass is 35.5. The highest BCUT2D eigenvalue weighted by molar-refractivity contribution is 6.21. The summed E-state index contributed by atoms with van der Waals surface area (Å²) in [5.74, 6) is -10.1. The van der Waals surface area contributed by atoms with Gasteiger partial charge in [-0.25, -0.2) is 23.7 Å². The van der Waals surface area contributed by atoms with Crippen molar-refractivity contribution in [3.05, 3.63) is 142 Å². The predicted octanol–water partition coefficient (Wildman–Crippen LogP) is 4.70. The Bertz CT molecular complexity index is 3320. The topological polar surface area (TPSA) is 367 Å². The normalized spacial score (nSPS) is 26.3. The summed E-state index contributed by atoms with van der Waals surface area (Å²) in [7, 11) is 0. The van der Waals surface area contributed by atoms with Crippen molar-refractivity contribution in [3.63, 3.8) is 0 Å². The molecule has 3 saturated heterocycles. The van der Waals surface area contributed by atoms with Crippen molar-refractivity contribution in [2.24, 2.45) is 5.11 Å². The second-order valence-corrected chi connectivity index (χ2v) is 21.0. The van der Waals surface area contributed by atoms with E-state index in [2.05, 4.69) is 30.7 Å². The third-order valence-electron chi connectivity index (χ3n) is 13.6. The first-order valence-electron chi connectivity index (χ1n) is 27.6. The fourth-order valence-corrected chi connectivity index (χ4v) is 10.4. The van der Waals surface area contributed by atoms with Crippen LogP contribution in [0.4, 0.5) is 0 Å². The molecular weight excluding hydrogens is 1220 g/mol. The first-order valence-corrected chi connectivity index (χ1v) is 28.6. The number of aryl methyl sites for hydroxylation is 1. The number of hydrogen-bond acceptors (Lipinski definition) is 26. The lowest BCUT2D eigenvalue weighted by Crippen LogP contribution is -2.63. The summed E-state index contributed by atoms with van der Waals surface area (Å²) in [5, 5.41) is 19.3. The van der Waals surface area contributed by atoms with Crippen molar-refractivity contribution in [3.8, 4) is 0 Å². The Morgan fingerprint density at radius 1 is 0.584 bits per heavy atom. The van der Waals surface area contributed by atoms with Gasteiger partial charge in [-0.2, -0.15) is 0 Å². The van der Waals surface area contributed by atoms with E-state index in [-0.39, 0.29) is 42.0 Å². The SMILES string of the molecule is CC(=O)OCC1O[C@H](O[C@]2(CCl)O[C@H](Cn3cc(CO[C@H]4O[C@H](Cn5cc(CCCN=[N+]=[N-])nn5)[C@@H](OC(=O)c5ccccc5)[C@H](OC(=O)c5ccccc5)[C@@H]4OC(=O)c4ccccc4)nn3)[C@@H](OC(C)=O)[C@@H]2OC(C)=O)[C@H](OC(C)=O)[C@@H](OC(C)=O)[C@H]1Cl. The molecule has 3 fully saturated rings. The molecule has 14 atom stereocenters. The molecule has 30 nitrogen and oxygen atoms in total. The summed E-state index contributed by atoms with van der Waals surface area (Å²) in [6.45, 7) is 3.92. The first-order chi connectivity index (χ1) is 42.7. The number of rotatable bonds is 26. The minimum Gasteiger partial charge on any atom is -0.463 e. The summed E-state index contributed by atoms with van der Waals surface area (Å²) in [4.78, 5) is 108. The Morgan fingerprint density at radius 2 is 1.07 bits per heavy atom. The molecule has 0 spiro atoms. The van der Waals surface area contributed by atoms with Crippen LogP contribution >= 0.6 is 23.2 Å². The van der Waals surface area contributed by atoms with Gasteiger partial charge in [-0.3, -0.25) is 24.0 Å². The maximum Gasteiger partial charge on any atom is 0.338 e. The molecule has 2 aromatic heterocycles. The first kappa shape index (κ1) is 66.3. The zero-order valence-corrected chi connectivity index (χ0v) is 49.8. The Morgan fingerprint density at radius 3 is 1.61 bits per heavy atom. The van der Waals surface area contributed by atoms with E-state index in [1.165, 1.54) is 52.0 Å². The van der Waals surface area contributed by atoms with Gasteiger partial charge in [0.2, 0.25) is 12.1 Å². The molecule has 0 N–H and O–H groups in total. The molecule has 0 aliphatic carbocycles. The van der Waals surface area contributed by atoms with Crippen LogP contribution in [-0.2, 0) is 112 Å². The van der Waals surface area contributed by atoms with E-state index in [1.807, 2.05) is 0 Å². The number of carbonyl (C=O) groups excluding carboxylic acids is 8. The predicted molar refractivity (Wildman–Crippen MR) is 299 cm³/mol. The molecule has 5 heterocycles. The highest BCUT2D eigenvalue weighted by Crippen LogP contribution is 2.43. The molecule has 1 unspecified atom stereocenters. The van der Waals surface area contributed by atoms with Crippen LogP contribution in [0.5, 0.6) is 0 Å². The molecule has 0 amide bonds. The number of azide groups is 1. The quantitative estimate of drug-likeness (QED) is 0.0138. The van der Waals surface area contributed by atoms with Crippen molar-refractivity contribution in [2.45, 2.75) is 152 Å². The van der Waals surface area contributed by atoms with Gasteiger partial charge in [0.05, 0.1) is 54.2 Å². The molecule has 0 saturated carbocycles. The van der Waals surface area contributed by atoms with Crippen LogP contribution in [0.3, 0.4) is 0 Å². The number of aromatic nitrogens is 6. The number of carbonyl (C=O) groups is 8. The van der Waals surface area contributed by atoms with E-state index < -0.39 is 152 Å². The van der Waals surface area contributed by atoms with Gasteiger partial charge in [-0.05, 0) is 54.8 Å². The second kappa shape index (κ2) is 31.0. The van der Waals surface area contributed by atoms with Gasteiger partial charge in [0.25, 0.3) is 0 Å². The molecule has 3 aliphatic rings. The Balaban J connectivity index is 1.12. The number of benzene rings is 3. The van der Waals surface area contributed by atoms with Crippen molar-refractivity contribution < 1.29 is 99.9 Å². The third kappa shape index (κ3) is 17.6. The second-order valence-electron chi connectivity index (χ2n) is 20.2. The Labute approximate surface area is 517 Å². The Hall–Kier alpha value is -8.61. The van der Waals surface area contributed by atoms with Crippen LogP contribution in [0.1, 0.15) is 83.5 Å². The number of esters is 8. The van der Waals surface area contributed by atoms with Gasteiger partial charge in [0, 0.05) is 52.3 Å². The summed E-state index contributed by atoms with van der Waals surface area (Å²) >= 11 is 13.4. The van der Waals surface area contributed by atoms with E-state index >= 15 is 0 Å². The minimum atomic E-state index is -2.37. The fourth-order valence-electron chi connectivity index (χ4n) is 9.82. The summed E-state index contributed by atoms with van der Waals surface area (Å²) in [6.07, 6.45) is -15.2. The maximum absolute atomic E-state index is 14.2. The molecule has 8 rings (SSSR count). The van der Waals surface area contributed by atoms with Crippen LogP contribution in [0.2, 0.25) is 0 Å². The molecule has 89 heavy (non-hydrogen) atoms. The van der Waals surface area contributed by atoms with Gasteiger partial charge < -0.3 is 61.6 Å². The van der Waals surface area contributed by atoms with Crippen LogP contribution in [-0.4, -0.2) is 182 Å². The van der Waals surface area contributed by atoms with Crippen LogP contribution in [0.25, 0.3) is 10.4 Å². The van der Waals surface area contributed by atoms with Gasteiger partial charge in [0.1, 0.15) is 36.0 Å². The fraction of sp³-hybridized carbons (Fsp3) is 0.474. The molecule has 474 valence electrons. The molecular formula is C57H61Cl2N9O21. The average Bonchev–Trinajstić information content (AvgIpc) is 2.03. The summed E-state index contributed by atoms with van der Waals surface area (Å²) in [6, 6.07) is 23.7. The molecule has 0 bridgehead atoms. The highest BCUT2D eigenvalue weighted by Gasteiger charge is 2.63. The lowest BCUT2D eigenvalue weighted by atomic mass is 9.97. The zero-order chi connectivity index (χ0) is 63.8.